The number of methoxy groups -OCH3 is 1. The predicted molar refractivity (Wildman–Crippen MR) is 41.4 cm³/mol. The van der Waals surface area contributed by atoms with Crippen LogP contribution < -0.4 is 5.73 Å². The molecule has 0 aromatic heterocycles. The quantitative estimate of drug-likeness (QED) is 0.379. The highest BCUT2D eigenvalue weighted by atomic mass is 16.5. The van der Waals surface area contributed by atoms with Crippen LogP contribution in [-0.2, 0) is 4.74 Å². The van der Waals surface area contributed by atoms with Crippen LogP contribution in [0.25, 0.3) is 0 Å². The van der Waals surface area contributed by atoms with Gasteiger partial charge in [0.15, 0.2) is 0 Å². The zero-order chi connectivity index (χ0) is 9.30. The minimum atomic E-state index is -0.901. The van der Waals surface area contributed by atoms with Crippen molar-refractivity contribution < 1.29 is 20.1 Å². The van der Waals surface area contributed by atoms with Crippen molar-refractivity contribution in [2.24, 2.45) is 11.7 Å². The summed E-state index contributed by atoms with van der Waals surface area (Å²) in [5, 5.41) is 27.7. The van der Waals surface area contributed by atoms with Crippen molar-refractivity contribution in [1.29, 1.82) is 0 Å². The Hall–Kier alpha value is -0.200. The lowest BCUT2D eigenvalue weighted by Crippen LogP contribution is -2.39. The molecule has 0 aliphatic heterocycles. The summed E-state index contributed by atoms with van der Waals surface area (Å²) < 4.78 is 4.85. The van der Waals surface area contributed by atoms with Gasteiger partial charge in [-0.3, -0.25) is 0 Å². The van der Waals surface area contributed by atoms with E-state index in [2.05, 4.69) is 0 Å². The first-order valence-corrected chi connectivity index (χ1v) is 3.88. The lowest BCUT2D eigenvalue weighted by atomic mass is 10.0. The Bertz CT molecular complexity index is 138. The summed E-state index contributed by atoms with van der Waals surface area (Å²) in [6, 6.07) is -0.616. The van der Waals surface area contributed by atoms with E-state index < -0.39 is 30.3 Å². The van der Waals surface area contributed by atoms with E-state index in [4.69, 9.17) is 15.6 Å². The molecule has 0 aromatic carbocycles. The standard InChI is InChI=1S/C7H15NO4/c1-12-7-5(10)3(2-9)4(8)6(7)11/h3-7,9-11H,2,8H2,1H3/t3-,4-,5-,6+,7+/m1/s1. The lowest BCUT2D eigenvalue weighted by molar-refractivity contribution is -0.0556. The smallest absolute Gasteiger partial charge is 0.111 e. The lowest BCUT2D eigenvalue weighted by Gasteiger charge is -2.16. The molecule has 1 saturated carbocycles. The van der Waals surface area contributed by atoms with Gasteiger partial charge in [0.25, 0.3) is 0 Å². The van der Waals surface area contributed by atoms with Crippen LogP contribution in [0.5, 0.6) is 0 Å². The number of hydrogen-bond donors (Lipinski definition) is 4. The van der Waals surface area contributed by atoms with Gasteiger partial charge in [-0.05, 0) is 0 Å². The fraction of sp³-hybridized carbons (Fsp3) is 1.00. The first kappa shape index (κ1) is 9.88. The molecule has 0 bridgehead atoms. The van der Waals surface area contributed by atoms with Crippen LogP contribution in [0, 0.1) is 5.92 Å². The van der Waals surface area contributed by atoms with Gasteiger partial charge in [-0.25, -0.2) is 0 Å². The normalized spacial score (nSPS) is 48.2. The molecule has 0 heterocycles. The third kappa shape index (κ3) is 1.34. The van der Waals surface area contributed by atoms with Crippen molar-refractivity contribution in [3.05, 3.63) is 0 Å². The zero-order valence-corrected chi connectivity index (χ0v) is 6.92. The SMILES string of the molecule is CO[C@H]1[C@H](O)[C@H](CO)[C@@H](N)[C@@H]1O. The molecule has 1 rings (SSSR count). The fourth-order valence-corrected chi connectivity index (χ4v) is 1.65. The average Bonchev–Trinajstić information content (AvgIpc) is 2.25. The molecule has 0 amide bonds. The van der Waals surface area contributed by atoms with E-state index in [-0.39, 0.29) is 6.61 Å². The van der Waals surface area contributed by atoms with E-state index in [0.717, 1.165) is 0 Å². The van der Waals surface area contributed by atoms with Gasteiger partial charge >= 0.3 is 0 Å². The van der Waals surface area contributed by atoms with Gasteiger partial charge in [0, 0.05) is 19.1 Å². The summed E-state index contributed by atoms with van der Waals surface area (Å²) in [6.07, 6.45) is -2.47. The molecular formula is C7H15NO4. The van der Waals surface area contributed by atoms with Crippen LogP contribution in [0.3, 0.4) is 0 Å². The van der Waals surface area contributed by atoms with E-state index in [1.807, 2.05) is 0 Å². The summed E-state index contributed by atoms with van der Waals surface area (Å²) in [5.74, 6) is -0.495. The van der Waals surface area contributed by atoms with E-state index in [9.17, 15) is 10.2 Å². The molecule has 5 atom stereocenters. The largest absolute Gasteiger partial charge is 0.396 e. The van der Waals surface area contributed by atoms with Crippen molar-refractivity contribution >= 4 is 0 Å². The van der Waals surface area contributed by atoms with Gasteiger partial charge in [0.05, 0.1) is 18.8 Å². The number of aliphatic hydroxyl groups excluding tert-OH is 3. The number of hydrogen-bond acceptors (Lipinski definition) is 5. The summed E-state index contributed by atoms with van der Waals surface area (Å²) in [7, 11) is 1.39. The topological polar surface area (TPSA) is 95.9 Å². The molecule has 1 fully saturated rings. The molecule has 1 aliphatic carbocycles. The Morgan fingerprint density at radius 2 is 1.92 bits per heavy atom. The monoisotopic (exact) mass is 177 g/mol. The first-order valence-electron chi connectivity index (χ1n) is 3.88. The van der Waals surface area contributed by atoms with Crippen molar-refractivity contribution in [1.82, 2.24) is 0 Å². The molecule has 0 saturated heterocycles. The number of ether oxygens (including phenoxy) is 1. The first-order chi connectivity index (χ1) is 5.63. The van der Waals surface area contributed by atoms with Crippen molar-refractivity contribution in [3.8, 4) is 0 Å². The molecule has 72 valence electrons. The molecule has 5 N–H and O–H groups in total. The average molecular weight is 177 g/mol. The van der Waals surface area contributed by atoms with Crippen molar-refractivity contribution in [2.75, 3.05) is 13.7 Å². The Balaban J connectivity index is 2.71. The maximum Gasteiger partial charge on any atom is 0.111 e. The van der Waals surface area contributed by atoms with Gasteiger partial charge in [0.2, 0.25) is 0 Å². The fourth-order valence-electron chi connectivity index (χ4n) is 1.65. The van der Waals surface area contributed by atoms with Crippen molar-refractivity contribution in [3.63, 3.8) is 0 Å². The number of aliphatic hydroxyl groups is 3. The molecule has 0 aromatic rings. The maximum atomic E-state index is 9.46. The molecular weight excluding hydrogens is 162 g/mol. The van der Waals surface area contributed by atoms with E-state index in [0.29, 0.717) is 0 Å². The summed E-state index contributed by atoms with van der Waals surface area (Å²) in [6.45, 7) is -0.237. The van der Waals surface area contributed by atoms with E-state index in [1.54, 1.807) is 0 Å². The van der Waals surface area contributed by atoms with Crippen LogP contribution in [-0.4, -0.2) is 53.4 Å². The number of nitrogens with two attached hydrogens (primary N) is 1. The molecule has 5 nitrogen and oxygen atoms in total. The molecule has 1 aliphatic rings. The highest BCUT2D eigenvalue weighted by Crippen LogP contribution is 2.27. The molecule has 0 spiro atoms. The minimum absolute atomic E-state index is 0.237. The van der Waals surface area contributed by atoms with Crippen molar-refractivity contribution in [2.45, 2.75) is 24.4 Å². The predicted octanol–water partition coefficient (Wildman–Crippen LogP) is -2.33. The van der Waals surface area contributed by atoms with Gasteiger partial charge in [-0.1, -0.05) is 0 Å². The Morgan fingerprint density at radius 1 is 1.33 bits per heavy atom. The molecule has 0 unspecified atom stereocenters. The number of rotatable bonds is 2. The Morgan fingerprint density at radius 3 is 2.17 bits per heavy atom. The van der Waals surface area contributed by atoms with Crippen LogP contribution in [0.4, 0.5) is 0 Å². The second-order valence-corrected chi connectivity index (χ2v) is 3.11. The molecule has 0 radical (unpaired) electrons. The Labute approximate surface area is 70.8 Å². The van der Waals surface area contributed by atoms with Gasteiger partial charge in [-0.2, -0.15) is 0 Å². The molecule has 5 heteroatoms. The van der Waals surface area contributed by atoms with Crippen LogP contribution in [0.1, 0.15) is 0 Å². The van der Waals surface area contributed by atoms with Gasteiger partial charge in [-0.15, -0.1) is 0 Å². The van der Waals surface area contributed by atoms with Crippen LogP contribution >= 0.6 is 0 Å². The van der Waals surface area contributed by atoms with Crippen LogP contribution in [0.15, 0.2) is 0 Å². The summed E-state index contributed by atoms with van der Waals surface area (Å²) in [4.78, 5) is 0. The van der Waals surface area contributed by atoms with Crippen LogP contribution in [0.2, 0.25) is 0 Å². The molecule has 12 heavy (non-hydrogen) atoms. The summed E-state index contributed by atoms with van der Waals surface area (Å²) in [5.41, 5.74) is 5.54. The Kier molecular flexibility index (Phi) is 3.03. The van der Waals surface area contributed by atoms with E-state index >= 15 is 0 Å². The maximum absolute atomic E-state index is 9.46. The highest BCUT2D eigenvalue weighted by molar-refractivity contribution is 5.00. The second-order valence-electron chi connectivity index (χ2n) is 3.11. The summed E-state index contributed by atoms with van der Waals surface area (Å²) >= 11 is 0. The third-order valence-corrected chi connectivity index (χ3v) is 2.48. The van der Waals surface area contributed by atoms with Gasteiger partial charge < -0.3 is 25.8 Å². The highest BCUT2D eigenvalue weighted by Gasteiger charge is 2.47. The van der Waals surface area contributed by atoms with E-state index in [1.165, 1.54) is 7.11 Å². The zero-order valence-electron chi connectivity index (χ0n) is 6.92. The second kappa shape index (κ2) is 3.68. The minimum Gasteiger partial charge on any atom is -0.396 e. The van der Waals surface area contributed by atoms with Gasteiger partial charge in [0.1, 0.15) is 6.10 Å². The third-order valence-electron chi connectivity index (χ3n) is 2.48.